The van der Waals surface area contributed by atoms with Gasteiger partial charge in [-0.15, -0.1) is 0 Å². The quantitative estimate of drug-likeness (QED) is 0.795. The Labute approximate surface area is 147 Å². The van der Waals surface area contributed by atoms with E-state index in [2.05, 4.69) is 0 Å². The third kappa shape index (κ3) is 3.18. The third-order valence-electron chi connectivity index (χ3n) is 3.76. The summed E-state index contributed by atoms with van der Waals surface area (Å²) in [6.07, 6.45) is -5.25. The van der Waals surface area contributed by atoms with Gasteiger partial charge in [0.05, 0.1) is 12.8 Å². The van der Waals surface area contributed by atoms with E-state index in [9.17, 15) is 27.6 Å². The van der Waals surface area contributed by atoms with Crippen molar-refractivity contribution in [3.8, 4) is 5.75 Å². The molecule has 10 heteroatoms. The molecule has 2 N–H and O–H groups in total. The van der Waals surface area contributed by atoms with E-state index in [1.807, 2.05) is 0 Å². The monoisotopic (exact) mass is 373 g/mol. The maximum absolute atomic E-state index is 13.7. The maximum atomic E-state index is 13.7. The molecule has 4 amide bonds. The molecule has 1 aliphatic rings. The van der Waals surface area contributed by atoms with E-state index in [4.69, 9.17) is 4.74 Å². The molecular weight excluding hydrogens is 355 g/mol. The van der Waals surface area contributed by atoms with Gasteiger partial charge in [0.25, 0.3) is 11.6 Å². The number of hydrogen-bond donors (Lipinski definition) is 2. The normalized spacial score (nSPS) is 20.8. The van der Waals surface area contributed by atoms with Gasteiger partial charge in [-0.3, -0.25) is 14.9 Å². The number of rotatable bonds is 3. The van der Waals surface area contributed by atoms with Crippen molar-refractivity contribution in [2.24, 2.45) is 5.41 Å². The average Bonchev–Trinajstić information content (AvgIpc) is 2.78. The lowest BCUT2D eigenvalue weighted by Crippen LogP contribution is -2.70. The van der Waals surface area contributed by atoms with Crippen LogP contribution in [-0.4, -0.2) is 36.8 Å². The molecule has 0 unspecified atom stereocenters. The van der Waals surface area contributed by atoms with Crippen LogP contribution in [0.1, 0.15) is 20.8 Å². The number of ether oxygens (including phenoxy) is 1. The van der Waals surface area contributed by atoms with E-state index in [0.717, 1.165) is 0 Å². The number of nitrogens with zero attached hydrogens (tertiary/aromatic N) is 1. The molecule has 1 aromatic carbocycles. The van der Waals surface area contributed by atoms with Gasteiger partial charge in [-0.1, -0.05) is 20.8 Å². The standard InChI is InChI=1S/C16H18F3N3O4/c1-14(2,3)11(23)20-15(16(17,18)19)12(24)22(13(25)21-15)9-5-7-10(26-4)8-6-9/h5-8H,1-4H3,(H,20,23)(H,21,25)/t15-/m0/s1. The number of benzene rings is 1. The predicted octanol–water partition coefficient (Wildman–Crippen LogP) is 2.17. The number of amides is 4. The Kier molecular flexibility index (Phi) is 4.65. The lowest BCUT2D eigenvalue weighted by molar-refractivity contribution is -0.202. The van der Waals surface area contributed by atoms with Gasteiger partial charge in [-0.2, -0.15) is 13.2 Å². The zero-order valence-electron chi connectivity index (χ0n) is 14.5. The lowest BCUT2D eigenvalue weighted by atomic mass is 9.94. The van der Waals surface area contributed by atoms with Crippen LogP contribution >= 0.6 is 0 Å². The van der Waals surface area contributed by atoms with Crippen LogP contribution in [0.4, 0.5) is 23.7 Å². The van der Waals surface area contributed by atoms with Gasteiger partial charge < -0.3 is 10.1 Å². The smallest absolute Gasteiger partial charge is 0.440 e. The molecule has 0 bridgehead atoms. The number of alkyl halides is 3. The van der Waals surface area contributed by atoms with Crippen LogP contribution in [0.2, 0.25) is 0 Å². The highest BCUT2D eigenvalue weighted by atomic mass is 19.4. The van der Waals surface area contributed by atoms with Gasteiger partial charge in [0.2, 0.25) is 5.91 Å². The fourth-order valence-electron chi connectivity index (χ4n) is 2.20. The largest absolute Gasteiger partial charge is 0.497 e. The van der Waals surface area contributed by atoms with Crippen molar-refractivity contribution >= 4 is 23.5 Å². The minimum Gasteiger partial charge on any atom is -0.497 e. The number of anilines is 1. The molecule has 7 nitrogen and oxygen atoms in total. The van der Waals surface area contributed by atoms with Crippen LogP contribution in [-0.2, 0) is 9.59 Å². The van der Waals surface area contributed by atoms with Crippen LogP contribution in [0, 0.1) is 5.41 Å². The summed E-state index contributed by atoms with van der Waals surface area (Å²) in [6.45, 7) is 4.15. The number of carbonyl (C=O) groups excluding carboxylic acids is 3. The predicted molar refractivity (Wildman–Crippen MR) is 85.4 cm³/mol. The summed E-state index contributed by atoms with van der Waals surface area (Å²) in [5, 5.41) is 3.25. The summed E-state index contributed by atoms with van der Waals surface area (Å²) in [7, 11) is 1.39. The van der Waals surface area contributed by atoms with Crippen LogP contribution in [0.3, 0.4) is 0 Å². The maximum Gasteiger partial charge on any atom is 0.440 e. The van der Waals surface area contributed by atoms with E-state index in [1.54, 1.807) is 10.6 Å². The first-order chi connectivity index (χ1) is 11.8. The van der Waals surface area contributed by atoms with E-state index in [0.29, 0.717) is 10.6 Å². The number of carbonyl (C=O) groups is 3. The Morgan fingerprint density at radius 3 is 2.12 bits per heavy atom. The number of urea groups is 1. The number of imide groups is 1. The number of halogens is 3. The Morgan fingerprint density at radius 1 is 1.15 bits per heavy atom. The second-order valence-corrected chi connectivity index (χ2v) is 6.72. The van der Waals surface area contributed by atoms with E-state index in [1.165, 1.54) is 52.1 Å². The van der Waals surface area contributed by atoms with E-state index < -0.39 is 35.1 Å². The van der Waals surface area contributed by atoms with Gasteiger partial charge in [-0.25, -0.2) is 9.69 Å². The molecule has 142 valence electrons. The summed E-state index contributed by atoms with van der Waals surface area (Å²) in [5.41, 5.74) is -4.84. The fourth-order valence-corrected chi connectivity index (χ4v) is 2.20. The zero-order valence-corrected chi connectivity index (χ0v) is 14.5. The summed E-state index contributed by atoms with van der Waals surface area (Å²) < 4.78 is 46.0. The van der Waals surface area contributed by atoms with Crippen LogP contribution in [0.5, 0.6) is 5.75 Å². The van der Waals surface area contributed by atoms with Crippen molar-refractivity contribution in [2.45, 2.75) is 32.6 Å². The molecule has 1 aromatic rings. The van der Waals surface area contributed by atoms with Gasteiger partial charge in [-0.05, 0) is 24.3 Å². The Bertz CT molecular complexity index is 741. The molecular formula is C16H18F3N3O4. The molecule has 2 rings (SSSR count). The summed E-state index contributed by atoms with van der Waals surface area (Å²) in [6, 6.07) is 3.99. The number of hydrogen-bond acceptors (Lipinski definition) is 4. The highest BCUT2D eigenvalue weighted by molar-refractivity contribution is 6.24. The minimum atomic E-state index is -5.25. The molecule has 0 saturated carbocycles. The van der Waals surface area contributed by atoms with Gasteiger partial charge in [0.1, 0.15) is 5.75 Å². The third-order valence-corrected chi connectivity index (χ3v) is 3.76. The Hall–Kier alpha value is -2.78. The van der Waals surface area contributed by atoms with Crippen molar-refractivity contribution in [3.05, 3.63) is 24.3 Å². The molecule has 0 spiro atoms. The fraction of sp³-hybridized carbons (Fsp3) is 0.438. The van der Waals surface area contributed by atoms with Crippen LogP contribution < -0.4 is 20.3 Å². The van der Waals surface area contributed by atoms with Crippen molar-refractivity contribution in [1.82, 2.24) is 10.6 Å². The molecule has 1 fully saturated rings. The van der Waals surface area contributed by atoms with Crippen molar-refractivity contribution in [2.75, 3.05) is 12.0 Å². The molecule has 1 atom stereocenters. The molecule has 0 aliphatic carbocycles. The van der Waals surface area contributed by atoms with Crippen molar-refractivity contribution in [1.29, 1.82) is 0 Å². The number of methoxy groups -OCH3 is 1. The summed E-state index contributed by atoms with van der Waals surface area (Å²) in [5.74, 6) is -2.29. The van der Waals surface area contributed by atoms with Crippen molar-refractivity contribution in [3.63, 3.8) is 0 Å². The highest BCUT2D eigenvalue weighted by Gasteiger charge is 2.69. The van der Waals surface area contributed by atoms with Gasteiger partial charge >= 0.3 is 12.2 Å². The van der Waals surface area contributed by atoms with Crippen molar-refractivity contribution < 1.29 is 32.3 Å². The molecule has 26 heavy (non-hydrogen) atoms. The van der Waals surface area contributed by atoms with Gasteiger partial charge in [0.15, 0.2) is 0 Å². The Morgan fingerprint density at radius 2 is 1.69 bits per heavy atom. The summed E-state index contributed by atoms with van der Waals surface area (Å²) in [4.78, 5) is 37.2. The topological polar surface area (TPSA) is 87.7 Å². The van der Waals surface area contributed by atoms with E-state index in [-0.39, 0.29) is 5.69 Å². The molecule has 1 aliphatic heterocycles. The molecule has 1 saturated heterocycles. The number of nitrogens with one attached hydrogen (secondary N) is 2. The molecule has 0 aromatic heterocycles. The zero-order chi connectivity index (χ0) is 19.9. The highest BCUT2D eigenvalue weighted by Crippen LogP contribution is 2.36. The van der Waals surface area contributed by atoms with Gasteiger partial charge in [0, 0.05) is 5.41 Å². The van der Waals surface area contributed by atoms with E-state index >= 15 is 0 Å². The summed E-state index contributed by atoms with van der Waals surface area (Å²) >= 11 is 0. The van der Waals surface area contributed by atoms with Crippen LogP contribution in [0.15, 0.2) is 24.3 Å². The van der Waals surface area contributed by atoms with Crippen LogP contribution in [0.25, 0.3) is 0 Å². The molecule has 1 heterocycles. The Balaban J connectivity index is 2.47. The second kappa shape index (κ2) is 6.19. The average molecular weight is 373 g/mol. The molecule has 0 radical (unpaired) electrons. The lowest BCUT2D eigenvalue weighted by Gasteiger charge is -2.32. The minimum absolute atomic E-state index is 0.0931. The second-order valence-electron chi connectivity index (χ2n) is 6.72. The first-order valence-corrected chi connectivity index (χ1v) is 7.53. The SMILES string of the molecule is COc1ccc(N2C(=O)N[C@](NC(=O)C(C)(C)C)(C(F)(F)F)C2=O)cc1. The first kappa shape index (κ1) is 19.5. The first-order valence-electron chi connectivity index (χ1n) is 7.53.